The first-order valence-corrected chi connectivity index (χ1v) is 6.55. The quantitative estimate of drug-likeness (QED) is 0.815. The third-order valence-corrected chi connectivity index (χ3v) is 3.69. The molecule has 0 saturated carbocycles. The van der Waals surface area contributed by atoms with Crippen LogP contribution in [0.25, 0.3) is 0 Å². The summed E-state index contributed by atoms with van der Waals surface area (Å²) in [5, 5.41) is 12.8. The van der Waals surface area contributed by atoms with Gasteiger partial charge in [-0.1, -0.05) is 0 Å². The van der Waals surface area contributed by atoms with E-state index < -0.39 is 21.8 Å². The lowest BCUT2D eigenvalue weighted by atomic mass is 10.2. The molecule has 2 rings (SSSR count). The first-order chi connectivity index (χ1) is 7.98. The molecule has 17 heavy (non-hydrogen) atoms. The average Bonchev–Trinajstić information content (AvgIpc) is 2.58. The topological polar surface area (TPSA) is 96.4 Å². The fraction of sp³-hybridized carbons (Fsp3) is 0.200. The van der Waals surface area contributed by atoms with E-state index in [1.165, 1.54) is 24.4 Å². The zero-order valence-corrected chi connectivity index (χ0v) is 9.52. The molecule has 0 radical (unpaired) electrons. The zero-order valence-electron chi connectivity index (χ0n) is 8.70. The molecule has 6 nitrogen and oxygen atoms in total. The van der Waals surface area contributed by atoms with Gasteiger partial charge in [0.15, 0.2) is 9.84 Å². The SMILES string of the molecule is O=C(O)c1cccnc1NC1C=CS(=O)(=O)C1. The number of carboxylic acid groups (broad SMARTS) is 1. The molecule has 90 valence electrons. The Balaban J connectivity index is 2.21. The van der Waals surface area contributed by atoms with Crippen molar-refractivity contribution in [2.75, 3.05) is 11.1 Å². The zero-order chi connectivity index (χ0) is 12.5. The van der Waals surface area contributed by atoms with Crippen molar-refractivity contribution in [3.8, 4) is 0 Å². The molecule has 0 spiro atoms. The lowest BCUT2D eigenvalue weighted by molar-refractivity contribution is 0.0697. The van der Waals surface area contributed by atoms with Crippen molar-refractivity contribution in [1.29, 1.82) is 0 Å². The number of pyridine rings is 1. The van der Waals surface area contributed by atoms with Crippen LogP contribution in [0.3, 0.4) is 0 Å². The third kappa shape index (κ3) is 2.62. The molecule has 0 fully saturated rings. The lowest BCUT2D eigenvalue weighted by Gasteiger charge is -2.12. The Labute approximate surface area is 97.9 Å². The van der Waals surface area contributed by atoms with Gasteiger partial charge in [0.05, 0.1) is 11.8 Å². The molecule has 2 N–H and O–H groups in total. The summed E-state index contributed by atoms with van der Waals surface area (Å²) in [7, 11) is -3.17. The van der Waals surface area contributed by atoms with E-state index in [-0.39, 0.29) is 17.1 Å². The number of anilines is 1. The molecule has 1 aliphatic heterocycles. The summed E-state index contributed by atoms with van der Waals surface area (Å²) in [4.78, 5) is 14.8. The van der Waals surface area contributed by atoms with Crippen LogP contribution in [-0.4, -0.2) is 36.3 Å². The third-order valence-electron chi connectivity index (χ3n) is 2.29. The van der Waals surface area contributed by atoms with Crippen LogP contribution in [0.4, 0.5) is 5.82 Å². The van der Waals surface area contributed by atoms with Crippen LogP contribution < -0.4 is 5.32 Å². The lowest BCUT2D eigenvalue weighted by Crippen LogP contribution is -2.23. The van der Waals surface area contributed by atoms with E-state index in [0.717, 1.165) is 5.41 Å². The maximum Gasteiger partial charge on any atom is 0.339 e. The Bertz CT molecular complexity index is 580. The Morgan fingerprint density at radius 3 is 2.88 bits per heavy atom. The van der Waals surface area contributed by atoms with Crippen molar-refractivity contribution < 1.29 is 18.3 Å². The van der Waals surface area contributed by atoms with Crippen LogP contribution in [-0.2, 0) is 9.84 Å². The summed E-state index contributed by atoms with van der Waals surface area (Å²) >= 11 is 0. The highest BCUT2D eigenvalue weighted by Gasteiger charge is 2.23. The number of rotatable bonds is 3. The molecule has 0 saturated heterocycles. The molecule has 0 aliphatic carbocycles. The molecule has 2 heterocycles. The smallest absolute Gasteiger partial charge is 0.339 e. The molecular formula is C10H10N2O4S. The van der Waals surface area contributed by atoms with Crippen LogP contribution in [0.2, 0.25) is 0 Å². The van der Waals surface area contributed by atoms with Crippen molar-refractivity contribution in [2.45, 2.75) is 6.04 Å². The van der Waals surface area contributed by atoms with Crippen LogP contribution in [0, 0.1) is 0 Å². The second-order valence-electron chi connectivity index (χ2n) is 3.61. The van der Waals surface area contributed by atoms with Crippen LogP contribution in [0.5, 0.6) is 0 Å². The fourth-order valence-corrected chi connectivity index (χ4v) is 2.77. The maximum atomic E-state index is 11.2. The maximum absolute atomic E-state index is 11.2. The molecule has 1 unspecified atom stereocenters. The highest BCUT2D eigenvalue weighted by molar-refractivity contribution is 7.94. The second kappa shape index (κ2) is 4.17. The molecule has 0 amide bonds. The van der Waals surface area contributed by atoms with Gasteiger partial charge in [-0.05, 0) is 18.2 Å². The van der Waals surface area contributed by atoms with Gasteiger partial charge < -0.3 is 10.4 Å². The van der Waals surface area contributed by atoms with E-state index in [1.807, 2.05) is 0 Å². The number of hydrogen-bond acceptors (Lipinski definition) is 5. The number of nitrogens with one attached hydrogen (secondary N) is 1. The summed E-state index contributed by atoms with van der Waals surface area (Å²) in [5.41, 5.74) is 0.0187. The number of carboxylic acids is 1. The van der Waals surface area contributed by atoms with E-state index in [9.17, 15) is 13.2 Å². The van der Waals surface area contributed by atoms with Gasteiger partial charge in [-0.3, -0.25) is 0 Å². The average molecular weight is 254 g/mol. The predicted molar refractivity (Wildman–Crippen MR) is 61.5 cm³/mol. The van der Waals surface area contributed by atoms with E-state index in [4.69, 9.17) is 5.11 Å². The van der Waals surface area contributed by atoms with Gasteiger partial charge in [-0.2, -0.15) is 0 Å². The molecule has 0 aromatic carbocycles. The minimum Gasteiger partial charge on any atom is -0.478 e. The van der Waals surface area contributed by atoms with Gasteiger partial charge in [-0.15, -0.1) is 0 Å². The standard InChI is InChI=1S/C10H10N2O4S/c13-10(14)8-2-1-4-11-9(8)12-7-3-5-17(15,16)6-7/h1-5,7H,6H2,(H,11,12)(H,13,14). The first-order valence-electron chi connectivity index (χ1n) is 4.84. The van der Waals surface area contributed by atoms with Crippen LogP contribution in [0.15, 0.2) is 29.8 Å². The number of sulfone groups is 1. The van der Waals surface area contributed by atoms with Gasteiger partial charge in [-0.25, -0.2) is 18.2 Å². The summed E-state index contributed by atoms with van der Waals surface area (Å²) in [6, 6.07) is 2.48. The largest absolute Gasteiger partial charge is 0.478 e. The Kier molecular flexibility index (Phi) is 2.84. The Hall–Kier alpha value is -1.89. The molecule has 7 heteroatoms. The van der Waals surface area contributed by atoms with Crippen molar-refractivity contribution >= 4 is 21.6 Å². The van der Waals surface area contributed by atoms with Gasteiger partial charge in [0.2, 0.25) is 0 Å². The van der Waals surface area contributed by atoms with Gasteiger partial charge in [0.25, 0.3) is 0 Å². The van der Waals surface area contributed by atoms with Crippen molar-refractivity contribution in [3.05, 3.63) is 35.4 Å². The second-order valence-corrected chi connectivity index (χ2v) is 5.54. The number of carbonyl (C=O) groups is 1. The first kappa shape index (κ1) is 11.6. The van der Waals surface area contributed by atoms with Gasteiger partial charge in [0.1, 0.15) is 11.4 Å². The highest BCUT2D eigenvalue weighted by Crippen LogP contribution is 2.16. The molecule has 1 aromatic heterocycles. The van der Waals surface area contributed by atoms with Crippen LogP contribution in [0.1, 0.15) is 10.4 Å². The van der Waals surface area contributed by atoms with Crippen molar-refractivity contribution in [2.24, 2.45) is 0 Å². The number of nitrogens with zero attached hydrogens (tertiary/aromatic N) is 1. The Morgan fingerprint density at radius 1 is 1.53 bits per heavy atom. The van der Waals surface area contributed by atoms with Gasteiger partial charge >= 0.3 is 5.97 Å². The monoisotopic (exact) mass is 254 g/mol. The van der Waals surface area contributed by atoms with E-state index in [1.54, 1.807) is 0 Å². The van der Waals surface area contributed by atoms with E-state index in [2.05, 4.69) is 10.3 Å². The minimum atomic E-state index is -3.17. The normalized spacial score (nSPS) is 21.3. The number of aromatic carboxylic acids is 1. The van der Waals surface area contributed by atoms with Crippen molar-refractivity contribution in [1.82, 2.24) is 4.98 Å². The summed E-state index contributed by atoms with van der Waals surface area (Å²) < 4.78 is 22.4. The van der Waals surface area contributed by atoms with Gasteiger partial charge in [0, 0.05) is 11.6 Å². The predicted octanol–water partition coefficient (Wildman–Crippen LogP) is 0.502. The molecule has 1 aliphatic rings. The molecule has 1 aromatic rings. The molecular weight excluding hydrogens is 244 g/mol. The highest BCUT2D eigenvalue weighted by atomic mass is 32.2. The Morgan fingerprint density at radius 2 is 2.29 bits per heavy atom. The minimum absolute atomic E-state index is 0.0187. The number of hydrogen-bond donors (Lipinski definition) is 2. The summed E-state index contributed by atoms with van der Waals surface area (Å²) in [5.74, 6) is -1.01. The molecule has 0 bridgehead atoms. The fourth-order valence-electron chi connectivity index (χ4n) is 1.53. The van der Waals surface area contributed by atoms with Crippen molar-refractivity contribution in [3.63, 3.8) is 0 Å². The van der Waals surface area contributed by atoms with Crippen LogP contribution >= 0.6 is 0 Å². The van der Waals surface area contributed by atoms with E-state index in [0.29, 0.717) is 0 Å². The summed E-state index contributed by atoms with van der Waals surface area (Å²) in [6.07, 6.45) is 2.93. The number of aromatic nitrogens is 1. The van der Waals surface area contributed by atoms with E-state index >= 15 is 0 Å². The summed E-state index contributed by atoms with van der Waals surface area (Å²) in [6.45, 7) is 0. The molecule has 1 atom stereocenters.